The maximum atomic E-state index is 12.1. The minimum atomic E-state index is -0.761. The number of benzene rings is 1. The molecule has 0 saturated heterocycles. The molecule has 2 heterocycles. The third-order valence-corrected chi connectivity index (χ3v) is 5.96. The maximum Gasteiger partial charge on any atom is 0.407 e. The van der Waals surface area contributed by atoms with Crippen LogP contribution < -0.4 is 10.1 Å². The third kappa shape index (κ3) is 5.92. The van der Waals surface area contributed by atoms with Crippen molar-refractivity contribution in [3.63, 3.8) is 0 Å². The van der Waals surface area contributed by atoms with Gasteiger partial charge in [0.1, 0.15) is 12.4 Å². The van der Waals surface area contributed by atoms with Gasteiger partial charge in [0.25, 0.3) is 0 Å². The fraction of sp³-hybridized carbons (Fsp3) is 0.360. The van der Waals surface area contributed by atoms with E-state index >= 15 is 0 Å². The summed E-state index contributed by atoms with van der Waals surface area (Å²) in [5.41, 5.74) is 3.19. The van der Waals surface area contributed by atoms with Crippen LogP contribution in [0.25, 0.3) is 11.3 Å². The summed E-state index contributed by atoms with van der Waals surface area (Å²) < 4.78 is 12.9. The number of aliphatic carboxylic acids is 1. The van der Waals surface area contributed by atoms with Crippen LogP contribution in [0, 0.1) is 5.92 Å². The minimum Gasteiger partial charge on any atom is -0.489 e. The molecule has 2 aromatic heterocycles. The molecule has 2 N–H and O–H groups in total. The number of alkyl carbamates (subject to hydrolysis) is 1. The van der Waals surface area contributed by atoms with Crippen LogP contribution in [0.4, 0.5) is 4.79 Å². The molecule has 4 rings (SSSR count). The number of carboxylic acid groups (broad SMARTS) is 1. The molecule has 1 aliphatic rings. The summed E-state index contributed by atoms with van der Waals surface area (Å²) in [4.78, 5) is 27.9. The Balaban J connectivity index is 1.34. The first kappa shape index (κ1) is 23.3. The van der Waals surface area contributed by atoms with E-state index in [9.17, 15) is 14.7 Å². The van der Waals surface area contributed by atoms with Gasteiger partial charge in [-0.05, 0) is 43.4 Å². The van der Waals surface area contributed by atoms with E-state index in [1.807, 2.05) is 42.5 Å². The van der Waals surface area contributed by atoms with E-state index < -0.39 is 12.1 Å². The second-order valence-corrected chi connectivity index (χ2v) is 8.36. The first-order valence-electron chi connectivity index (χ1n) is 11.3. The number of amides is 1. The highest BCUT2D eigenvalue weighted by molar-refractivity contribution is 5.70. The maximum absolute atomic E-state index is 12.1. The van der Waals surface area contributed by atoms with Gasteiger partial charge in [0.05, 0.1) is 42.3 Å². The standard InChI is InChI=1S/C25H28N4O5/c1-29-23(15-27-25(32)33-16-17-6-3-2-4-7-17)21(14-28-29)22-11-10-20(13-26-22)34-19-9-5-8-18(12-19)24(30)31/h2-4,6-7,10-11,13-14,18-19H,5,8-9,12,15-16H2,1H3,(H,27,32)(H,30,31)/t18?,19-/m0/s1. The fourth-order valence-corrected chi connectivity index (χ4v) is 4.09. The topological polar surface area (TPSA) is 116 Å². The van der Waals surface area contributed by atoms with Gasteiger partial charge in [0.15, 0.2) is 0 Å². The lowest BCUT2D eigenvalue weighted by molar-refractivity contribution is -0.143. The van der Waals surface area contributed by atoms with Crippen LogP contribution in [0.1, 0.15) is 36.9 Å². The fourth-order valence-electron chi connectivity index (χ4n) is 4.09. The molecule has 178 valence electrons. The molecule has 1 saturated carbocycles. The summed E-state index contributed by atoms with van der Waals surface area (Å²) in [7, 11) is 1.80. The van der Waals surface area contributed by atoms with Crippen LogP contribution in [0.15, 0.2) is 54.9 Å². The quantitative estimate of drug-likeness (QED) is 0.519. The lowest BCUT2D eigenvalue weighted by Gasteiger charge is -2.27. The molecule has 34 heavy (non-hydrogen) atoms. The van der Waals surface area contributed by atoms with Crippen molar-refractivity contribution in [2.24, 2.45) is 13.0 Å². The Morgan fingerprint density at radius 3 is 2.71 bits per heavy atom. The van der Waals surface area contributed by atoms with Gasteiger partial charge in [-0.3, -0.25) is 14.5 Å². The van der Waals surface area contributed by atoms with Crippen LogP contribution in [0.5, 0.6) is 5.75 Å². The van der Waals surface area contributed by atoms with Crippen molar-refractivity contribution in [3.8, 4) is 17.0 Å². The van der Waals surface area contributed by atoms with Crippen molar-refractivity contribution in [1.82, 2.24) is 20.1 Å². The second-order valence-electron chi connectivity index (χ2n) is 8.36. The summed E-state index contributed by atoms with van der Waals surface area (Å²) >= 11 is 0. The molecule has 1 unspecified atom stereocenters. The summed E-state index contributed by atoms with van der Waals surface area (Å²) in [5, 5.41) is 16.3. The minimum absolute atomic E-state index is 0.123. The van der Waals surface area contributed by atoms with Crippen molar-refractivity contribution >= 4 is 12.1 Å². The molecular weight excluding hydrogens is 436 g/mol. The zero-order chi connectivity index (χ0) is 23.9. The van der Waals surface area contributed by atoms with E-state index in [-0.39, 0.29) is 25.2 Å². The van der Waals surface area contributed by atoms with E-state index in [1.165, 1.54) is 0 Å². The Morgan fingerprint density at radius 1 is 1.15 bits per heavy atom. The van der Waals surface area contributed by atoms with Gasteiger partial charge < -0.3 is 19.9 Å². The van der Waals surface area contributed by atoms with E-state index in [2.05, 4.69) is 15.4 Å². The van der Waals surface area contributed by atoms with Gasteiger partial charge in [-0.25, -0.2) is 4.79 Å². The predicted octanol–water partition coefficient (Wildman–Crippen LogP) is 3.93. The molecule has 1 amide bonds. The van der Waals surface area contributed by atoms with E-state index in [0.717, 1.165) is 29.7 Å². The molecule has 0 aliphatic heterocycles. The highest BCUT2D eigenvalue weighted by Gasteiger charge is 2.28. The Labute approximate surface area is 197 Å². The number of nitrogens with zero attached hydrogens (tertiary/aromatic N) is 3. The van der Waals surface area contributed by atoms with Crippen LogP contribution in [0.2, 0.25) is 0 Å². The predicted molar refractivity (Wildman–Crippen MR) is 124 cm³/mol. The molecule has 3 aromatic rings. The average Bonchev–Trinajstić information content (AvgIpc) is 3.23. The van der Waals surface area contributed by atoms with Gasteiger partial charge >= 0.3 is 12.1 Å². The highest BCUT2D eigenvalue weighted by Crippen LogP contribution is 2.29. The summed E-state index contributed by atoms with van der Waals surface area (Å²) in [6, 6.07) is 13.1. The average molecular weight is 465 g/mol. The normalized spacial score (nSPS) is 17.7. The largest absolute Gasteiger partial charge is 0.489 e. The zero-order valence-electron chi connectivity index (χ0n) is 19.0. The number of pyridine rings is 1. The zero-order valence-corrected chi connectivity index (χ0v) is 19.0. The number of carboxylic acids is 1. The lowest BCUT2D eigenvalue weighted by atomic mass is 9.87. The molecule has 2 atom stereocenters. The molecule has 0 bridgehead atoms. The number of ether oxygens (including phenoxy) is 2. The van der Waals surface area contributed by atoms with Crippen LogP contribution >= 0.6 is 0 Å². The number of aryl methyl sites for hydroxylation is 1. The van der Waals surface area contributed by atoms with E-state index in [4.69, 9.17) is 9.47 Å². The number of hydrogen-bond acceptors (Lipinski definition) is 6. The van der Waals surface area contributed by atoms with Gasteiger partial charge in [-0.15, -0.1) is 0 Å². The van der Waals surface area contributed by atoms with E-state index in [1.54, 1.807) is 24.1 Å². The first-order valence-corrected chi connectivity index (χ1v) is 11.3. The van der Waals surface area contributed by atoms with Crippen LogP contribution in [-0.4, -0.2) is 38.0 Å². The molecule has 0 radical (unpaired) electrons. The van der Waals surface area contributed by atoms with Gasteiger partial charge in [0.2, 0.25) is 0 Å². The molecule has 1 aliphatic carbocycles. The van der Waals surface area contributed by atoms with Crippen molar-refractivity contribution in [2.75, 3.05) is 0 Å². The first-order chi connectivity index (χ1) is 16.5. The number of nitrogens with one attached hydrogen (secondary N) is 1. The number of carbonyl (C=O) groups is 2. The summed E-state index contributed by atoms with van der Waals surface area (Å²) in [6.45, 7) is 0.431. The Kier molecular flexibility index (Phi) is 7.41. The molecule has 1 fully saturated rings. The molecule has 0 spiro atoms. The Bertz CT molecular complexity index is 1110. The second kappa shape index (κ2) is 10.8. The molecule has 1 aromatic carbocycles. The molecule has 9 nitrogen and oxygen atoms in total. The van der Waals surface area contributed by atoms with E-state index in [0.29, 0.717) is 24.3 Å². The Morgan fingerprint density at radius 2 is 1.97 bits per heavy atom. The smallest absolute Gasteiger partial charge is 0.407 e. The number of aromatic nitrogens is 3. The van der Waals surface area contributed by atoms with Crippen molar-refractivity contribution in [2.45, 2.75) is 44.9 Å². The van der Waals surface area contributed by atoms with Gasteiger partial charge in [-0.2, -0.15) is 5.10 Å². The monoisotopic (exact) mass is 464 g/mol. The van der Waals surface area contributed by atoms with Crippen molar-refractivity contribution < 1.29 is 24.2 Å². The summed E-state index contributed by atoms with van der Waals surface area (Å²) in [6.07, 6.45) is 5.59. The number of rotatable bonds is 8. The summed E-state index contributed by atoms with van der Waals surface area (Å²) in [5.74, 6) is -0.507. The van der Waals surface area contributed by atoms with Gasteiger partial charge in [-0.1, -0.05) is 30.3 Å². The SMILES string of the molecule is Cn1ncc(-c2ccc(O[C@H]3CCCC(C(=O)O)C3)cn2)c1CNC(=O)OCc1ccccc1. The highest BCUT2D eigenvalue weighted by atomic mass is 16.5. The van der Waals surface area contributed by atoms with Crippen molar-refractivity contribution in [1.29, 1.82) is 0 Å². The number of carbonyl (C=O) groups excluding carboxylic acids is 1. The molecule has 9 heteroatoms. The third-order valence-electron chi connectivity index (χ3n) is 5.96. The molecular formula is C25H28N4O5. The van der Waals surface area contributed by atoms with Crippen LogP contribution in [0.3, 0.4) is 0 Å². The lowest BCUT2D eigenvalue weighted by Crippen LogP contribution is -2.29. The van der Waals surface area contributed by atoms with Crippen molar-refractivity contribution in [3.05, 3.63) is 66.1 Å². The number of hydrogen-bond donors (Lipinski definition) is 2. The van der Waals surface area contributed by atoms with Crippen LogP contribution in [-0.2, 0) is 29.7 Å². The Hall–Kier alpha value is -3.88. The van der Waals surface area contributed by atoms with Gasteiger partial charge in [0, 0.05) is 12.6 Å².